The molecule has 2 heterocycles. The molecule has 8 heteroatoms. The lowest BCUT2D eigenvalue weighted by molar-refractivity contribution is 0.580. The van der Waals surface area contributed by atoms with Crippen molar-refractivity contribution in [2.24, 2.45) is 5.73 Å². The Labute approximate surface area is 129 Å². The van der Waals surface area contributed by atoms with Crippen molar-refractivity contribution in [1.82, 2.24) is 14.3 Å². The van der Waals surface area contributed by atoms with Crippen LogP contribution in [0.4, 0.5) is 0 Å². The summed E-state index contributed by atoms with van der Waals surface area (Å²) in [5.74, 6) is 0. The summed E-state index contributed by atoms with van der Waals surface area (Å²) < 4.78 is 29.0. The molecule has 0 saturated carbocycles. The molecule has 2 aromatic rings. The number of nitrogens with zero attached hydrogens (tertiary/aromatic N) is 2. The number of rotatable bonds is 8. The third-order valence-corrected chi connectivity index (χ3v) is 5.33. The van der Waals surface area contributed by atoms with E-state index in [0.29, 0.717) is 19.5 Å². The highest BCUT2D eigenvalue weighted by atomic mass is 32.2. The van der Waals surface area contributed by atoms with Gasteiger partial charge in [0.2, 0.25) is 10.0 Å². The topological polar surface area (TPSA) is 90.0 Å². The minimum atomic E-state index is -3.49. The van der Waals surface area contributed by atoms with E-state index in [1.807, 2.05) is 16.9 Å². The number of sulfonamides is 1. The van der Waals surface area contributed by atoms with Gasteiger partial charge in [0.15, 0.2) is 0 Å². The molecule has 0 atom stereocenters. The summed E-state index contributed by atoms with van der Waals surface area (Å²) in [6.07, 6.45) is 4.89. The molecular formula is C13H20N4O2S2. The van der Waals surface area contributed by atoms with Gasteiger partial charge in [-0.05, 0) is 12.5 Å². The Morgan fingerprint density at radius 3 is 2.90 bits per heavy atom. The van der Waals surface area contributed by atoms with Crippen LogP contribution in [0.15, 0.2) is 28.7 Å². The van der Waals surface area contributed by atoms with E-state index in [0.717, 1.165) is 23.7 Å². The fourth-order valence-corrected chi connectivity index (χ4v) is 3.76. The van der Waals surface area contributed by atoms with Crippen LogP contribution < -0.4 is 10.5 Å². The summed E-state index contributed by atoms with van der Waals surface area (Å²) in [7, 11) is -3.49. The SMILES string of the molecule is CCCn1cc(S(=O)(=O)NCCc2nccs2)cc1CN. The molecule has 0 saturated heterocycles. The first-order valence-corrected chi connectivity index (χ1v) is 9.20. The molecular weight excluding hydrogens is 308 g/mol. The highest BCUT2D eigenvalue weighted by molar-refractivity contribution is 7.89. The highest BCUT2D eigenvalue weighted by Crippen LogP contribution is 2.15. The molecule has 0 aliphatic heterocycles. The number of aromatic nitrogens is 2. The lowest BCUT2D eigenvalue weighted by Crippen LogP contribution is -2.25. The van der Waals surface area contributed by atoms with Gasteiger partial charge in [0.25, 0.3) is 0 Å². The van der Waals surface area contributed by atoms with E-state index in [9.17, 15) is 8.42 Å². The molecule has 0 spiro atoms. The van der Waals surface area contributed by atoms with Crippen LogP contribution in [0.25, 0.3) is 0 Å². The Morgan fingerprint density at radius 2 is 2.29 bits per heavy atom. The molecule has 0 aliphatic carbocycles. The third kappa shape index (κ3) is 4.13. The van der Waals surface area contributed by atoms with Crippen LogP contribution in [0, 0.1) is 0 Å². The van der Waals surface area contributed by atoms with Crippen LogP contribution in [-0.4, -0.2) is 24.5 Å². The maximum atomic E-state index is 12.3. The fourth-order valence-electron chi connectivity index (χ4n) is 2.05. The monoisotopic (exact) mass is 328 g/mol. The van der Waals surface area contributed by atoms with Gasteiger partial charge < -0.3 is 10.3 Å². The Morgan fingerprint density at radius 1 is 1.48 bits per heavy atom. The van der Waals surface area contributed by atoms with Crippen LogP contribution in [-0.2, 0) is 29.5 Å². The van der Waals surface area contributed by atoms with Gasteiger partial charge in [-0.3, -0.25) is 0 Å². The first-order valence-electron chi connectivity index (χ1n) is 6.84. The molecule has 0 aromatic carbocycles. The Balaban J connectivity index is 2.04. The number of hydrogen-bond donors (Lipinski definition) is 2. The lowest BCUT2D eigenvalue weighted by atomic mass is 10.4. The molecule has 2 aromatic heterocycles. The van der Waals surface area contributed by atoms with Gasteiger partial charge in [0.05, 0.1) is 9.90 Å². The van der Waals surface area contributed by atoms with Gasteiger partial charge in [0, 0.05) is 49.5 Å². The normalized spacial score (nSPS) is 11.9. The van der Waals surface area contributed by atoms with E-state index in [4.69, 9.17) is 5.73 Å². The predicted molar refractivity (Wildman–Crippen MR) is 83.6 cm³/mol. The van der Waals surface area contributed by atoms with Gasteiger partial charge in [-0.2, -0.15) is 0 Å². The fraction of sp³-hybridized carbons (Fsp3) is 0.462. The number of nitrogens with two attached hydrogens (primary N) is 1. The second-order valence-electron chi connectivity index (χ2n) is 4.64. The molecule has 0 bridgehead atoms. The van der Waals surface area contributed by atoms with E-state index in [2.05, 4.69) is 9.71 Å². The van der Waals surface area contributed by atoms with Crippen LogP contribution in [0.2, 0.25) is 0 Å². The number of aryl methyl sites for hydroxylation is 1. The molecule has 2 rings (SSSR count). The Hall–Kier alpha value is -1.22. The summed E-state index contributed by atoms with van der Waals surface area (Å²) in [6, 6.07) is 1.64. The van der Waals surface area contributed by atoms with Crippen molar-refractivity contribution in [2.45, 2.75) is 37.8 Å². The molecule has 0 unspecified atom stereocenters. The van der Waals surface area contributed by atoms with Crippen molar-refractivity contribution in [1.29, 1.82) is 0 Å². The minimum Gasteiger partial charge on any atom is -0.349 e. The summed E-state index contributed by atoms with van der Waals surface area (Å²) >= 11 is 1.52. The predicted octanol–water partition coefficient (Wildman–Crippen LogP) is 1.33. The third-order valence-electron chi connectivity index (χ3n) is 3.06. The van der Waals surface area contributed by atoms with E-state index < -0.39 is 10.0 Å². The summed E-state index contributed by atoms with van der Waals surface area (Å²) in [5.41, 5.74) is 6.49. The zero-order chi connectivity index (χ0) is 15.3. The lowest BCUT2D eigenvalue weighted by Gasteiger charge is -2.04. The van der Waals surface area contributed by atoms with E-state index in [-0.39, 0.29) is 4.90 Å². The first-order chi connectivity index (χ1) is 10.1. The van der Waals surface area contributed by atoms with Gasteiger partial charge in [-0.25, -0.2) is 18.1 Å². The number of hydrogen-bond acceptors (Lipinski definition) is 5. The minimum absolute atomic E-state index is 0.274. The van der Waals surface area contributed by atoms with Gasteiger partial charge in [-0.15, -0.1) is 11.3 Å². The maximum Gasteiger partial charge on any atom is 0.242 e. The maximum absolute atomic E-state index is 12.3. The number of thiazole rings is 1. The number of nitrogens with one attached hydrogen (secondary N) is 1. The van der Waals surface area contributed by atoms with E-state index in [1.54, 1.807) is 18.5 Å². The van der Waals surface area contributed by atoms with Crippen molar-refractivity contribution in [3.05, 3.63) is 34.5 Å². The molecule has 21 heavy (non-hydrogen) atoms. The van der Waals surface area contributed by atoms with E-state index >= 15 is 0 Å². The average molecular weight is 328 g/mol. The largest absolute Gasteiger partial charge is 0.349 e. The van der Waals surface area contributed by atoms with Crippen molar-refractivity contribution in [2.75, 3.05) is 6.54 Å². The second kappa shape index (κ2) is 7.17. The van der Waals surface area contributed by atoms with Gasteiger partial charge in [0.1, 0.15) is 0 Å². The van der Waals surface area contributed by atoms with Crippen LogP contribution >= 0.6 is 11.3 Å². The summed E-state index contributed by atoms with van der Waals surface area (Å²) in [4.78, 5) is 4.40. The Bertz CT molecular complexity index is 662. The summed E-state index contributed by atoms with van der Waals surface area (Å²) in [6.45, 7) is 3.48. The van der Waals surface area contributed by atoms with Crippen molar-refractivity contribution >= 4 is 21.4 Å². The van der Waals surface area contributed by atoms with Gasteiger partial charge in [-0.1, -0.05) is 6.92 Å². The Kier molecular flexibility index (Phi) is 5.51. The molecule has 0 radical (unpaired) electrons. The first kappa shape index (κ1) is 16.2. The average Bonchev–Trinajstić information content (AvgIpc) is 3.08. The molecule has 0 aliphatic rings. The van der Waals surface area contributed by atoms with Crippen LogP contribution in [0.5, 0.6) is 0 Å². The van der Waals surface area contributed by atoms with Gasteiger partial charge >= 0.3 is 0 Å². The quantitative estimate of drug-likeness (QED) is 0.765. The molecule has 0 amide bonds. The smallest absolute Gasteiger partial charge is 0.242 e. The zero-order valence-corrected chi connectivity index (χ0v) is 13.6. The van der Waals surface area contributed by atoms with Crippen LogP contribution in [0.3, 0.4) is 0 Å². The van der Waals surface area contributed by atoms with Crippen molar-refractivity contribution in [3.63, 3.8) is 0 Å². The van der Waals surface area contributed by atoms with Crippen molar-refractivity contribution < 1.29 is 8.42 Å². The highest BCUT2D eigenvalue weighted by Gasteiger charge is 2.17. The molecule has 6 nitrogen and oxygen atoms in total. The summed E-state index contributed by atoms with van der Waals surface area (Å²) in [5, 5.41) is 2.80. The second-order valence-corrected chi connectivity index (χ2v) is 7.38. The van der Waals surface area contributed by atoms with Crippen LogP contribution in [0.1, 0.15) is 24.0 Å². The van der Waals surface area contributed by atoms with E-state index in [1.165, 1.54) is 11.3 Å². The zero-order valence-electron chi connectivity index (χ0n) is 11.9. The standard InChI is InChI=1S/C13H20N4O2S2/c1-2-6-17-10-12(8-11(17)9-14)21(18,19)16-4-3-13-15-5-7-20-13/h5,7-8,10,16H,2-4,6,9,14H2,1H3. The molecule has 3 N–H and O–H groups in total. The van der Waals surface area contributed by atoms with Crippen molar-refractivity contribution in [3.8, 4) is 0 Å². The molecule has 116 valence electrons. The molecule has 0 fully saturated rings.